The Bertz CT molecular complexity index is 702. The van der Waals surface area contributed by atoms with Crippen LogP contribution in [0, 0.1) is 0 Å². The number of nitrogens with one attached hydrogen (secondary N) is 1. The zero-order valence-electron chi connectivity index (χ0n) is 10.3. The molecule has 6 heteroatoms. The lowest BCUT2D eigenvalue weighted by Gasteiger charge is -2.10. The summed E-state index contributed by atoms with van der Waals surface area (Å²) in [5.74, 6) is 1.53. The number of rotatable bonds is 4. The lowest BCUT2D eigenvalue weighted by Crippen LogP contribution is -1.93. The predicted molar refractivity (Wildman–Crippen MR) is 83.8 cm³/mol. The highest BCUT2D eigenvalue weighted by atomic mass is 79.9. The summed E-state index contributed by atoms with van der Waals surface area (Å²) >= 11 is 4.72. The van der Waals surface area contributed by atoms with E-state index in [1.54, 1.807) is 0 Å². The van der Waals surface area contributed by atoms with Crippen molar-refractivity contribution in [2.75, 3.05) is 5.32 Å². The molecule has 0 unspecified atom stereocenters. The van der Waals surface area contributed by atoms with Gasteiger partial charge in [0.05, 0.1) is 5.69 Å². The van der Waals surface area contributed by atoms with Gasteiger partial charge >= 0.3 is 0 Å². The predicted octanol–water partition coefficient (Wildman–Crippen LogP) is 4.84. The normalized spacial score (nSPS) is 10.2. The quantitative estimate of drug-likeness (QED) is 0.733. The van der Waals surface area contributed by atoms with Gasteiger partial charge in [0.1, 0.15) is 5.75 Å². The first-order valence-corrected chi connectivity index (χ1v) is 7.50. The van der Waals surface area contributed by atoms with Crippen LogP contribution in [0.4, 0.5) is 10.8 Å². The molecule has 0 bridgehead atoms. The van der Waals surface area contributed by atoms with Crippen molar-refractivity contribution in [3.8, 4) is 11.5 Å². The molecule has 20 heavy (non-hydrogen) atoms. The van der Waals surface area contributed by atoms with Crippen LogP contribution in [0.5, 0.6) is 11.5 Å². The topological polar surface area (TPSA) is 47.0 Å². The minimum atomic E-state index is 0.709. The first-order chi connectivity index (χ1) is 9.81. The molecule has 0 aliphatic carbocycles. The fraction of sp³-hybridized carbons (Fsp3) is 0. The molecule has 0 spiro atoms. The molecule has 0 fully saturated rings. The Kier molecular flexibility index (Phi) is 3.94. The van der Waals surface area contributed by atoms with Gasteiger partial charge in [-0.15, -0.1) is 10.2 Å². The van der Waals surface area contributed by atoms with E-state index in [-0.39, 0.29) is 0 Å². The first kappa shape index (κ1) is 13.1. The van der Waals surface area contributed by atoms with Crippen molar-refractivity contribution < 1.29 is 4.74 Å². The molecule has 3 rings (SSSR count). The number of anilines is 2. The minimum absolute atomic E-state index is 0.709. The SMILES string of the molecule is Brc1nnc(Nc2ccccc2Oc2ccccc2)s1. The molecule has 0 saturated heterocycles. The van der Waals surface area contributed by atoms with Crippen molar-refractivity contribution in [3.05, 3.63) is 58.5 Å². The van der Waals surface area contributed by atoms with Crippen molar-refractivity contribution in [1.29, 1.82) is 0 Å². The van der Waals surface area contributed by atoms with E-state index in [9.17, 15) is 0 Å². The van der Waals surface area contributed by atoms with Gasteiger partial charge < -0.3 is 10.1 Å². The summed E-state index contributed by atoms with van der Waals surface area (Å²) in [6.07, 6.45) is 0. The zero-order chi connectivity index (χ0) is 13.8. The monoisotopic (exact) mass is 347 g/mol. The summed E-state index contributed by atoms with van der Waals surface area (Å²) in [6.45, 7) is 0. The second-order valence-corrected chi connectivity index (χ2v) is 6.15. The number of para-hydroxylation sites is 3. The molecule has 0 radical (unpaired) electrons. The molecular formula is C14H10BrN3OS. The molecule has 4 nitrogen and oxygen atoms in total. The van der Waals surface area contributed by atoms with E-state index in [0.717, 1.165) is 21.1 Å². The van der Waals surface area contributed by atoms with Gasteiger partial charge in [0, 0.05) is 0 Å². The van der Waals surface area contributed by atoms with E-state index >= 15 is 0 Å². The maximum Gasteiger partial charge on any atom is 0.211 e. The average molecular weight is 348 g/mol. The Balaban J connectivity index is 1.84. The maximum absolute atomic E-state index is 5.87. The third-order valence-electron chi connectivity index (χ3n) is 2.50. The Hall–Kier alpha value is -1.92. The summed E-state index contributed by atoms with van der Waals surface area (Å²) < 4.78 is 6.61. The van der Waals surface area contributed by atoms with Crippen molar-refractivity contribution >= 4 is 38.1 Å². The van der Waals surface area contributed by atoms with Gasteiger partial charge in [-0.3, -0.25) is 0 Å². The van der Waals surface area contributed by atoms with E-state index in [1.165, 1.54) is 11.3 Å². The highest BCUT2D eigenvalue weighted by Crippen LogP contribution is 2.32. The van der Waals surface area contributed by atoms with E-state index in [1.807, 2.05) is 54.6 Å². The Morgan fingerprint density at radius 2 is 1.70 bits per heavy atom. The second-order valence-electron chi connectivity index (χ2n) is 3.90. The summed E-state index contributed by atoms with van der Waals surface area (Å²) in [5.41, 5.74) is 0.847. The molecule has 0 saturated carbocycles. The van der Waals surface area contributed by atoms with Crippen LogP contribution in [0.25, 0.3) is 0 Å². The van der Waals surface area contributed by atoms with Crippen LogP contribution >= 0.6 is 27.3 Å². The van der Waals surface area contributed by atoms with Crippen molar-refractivity contribution in [3.63, 3.8) is 0 Å². The van der Waals surface area contributed by atoms with Crippen molar-refractivity contribution in [2.24, 2.45) is 0 Å². The van der Waals surface area contributed by atoms with Crippen molar-refractivity contribution in [2.45, 2.75) is 0 Å². The molecule has 2 aromatic carbocycles. The third-order valence-corrected chi connectivity index (χ3v) is 3.77. The number of aromatic nitrogens is 2. The number of hydrogen-bond acceptors (Lipinski definition) is 5. The molecule has 0 amide bonds. The van der Waals surface area contributed by atoms with Crippen LogP contribution in [0.1, 0.15) is 0 Å². The molecule has 0 atom stereocenters. The van der Waals surface area contributed by atoms with Gasteiger partial charge in [-0.25, -0.2) is 0 Å². The third kappa shape index (κ3) is 3.15. The lowest BCUT2D eigenvalue weighted by molar-refractivity contribution is 0.485. The van der Waals surface area contributed by atoms with Crippen LogP contribution in [0.2, 0.25) is 0 Å². The fourth-order valence-electron chi connectivity index (χ4n) is 1.65. The van der Waals surface area contributed by atoms with Crippen LogP contribution in [0.15, 0.2) is 58.5 Å². The standard InChI is InChI=1S/C14H10BrN3OS/c15-13-17-18-14(20-13)16-11-8-4-5-9-12(11)19-10-6-2-1-3-7-10/h1-9H,(H,16,18). The molecule has 0 aliphatic heterocycles. The van der Waals surface area contributed by atoms with Crippen LogP contribution in [0.3, 0.4) is 0 Å². The van der Waals surface area contributed by atoms with Gasteiger partial charge in [0.25, 0.3) is 0 Å². The van der Waals surface area contributed by atoms with Gasteiger partial charge in [-0.2, -0.15) is 0 Å². The Morgan fingerprint density at radius 1 is 0.950 bits per heavy atom. The van der Waals surface area contributed by atoms with Gasteiger partial charge in [0.15, 0.2) is 9.67 Å². The Labute approximate surface area is 128 Å². The smallest absolute Gasteiger partial charge is 0.211 e. The van der Waals surface area contributed by atoms with Gasteiger partial charge in [0.2, 0.25) is 5.13 Å². The van der Waals surface area contributed by atoms with Gasteiger partial charge in [-0.05, 0) is 40.2 Å². The Morgan fingerprint density at radius 3 is 2.45 bits per heavy atom. The number of nitrogens with zero attached hydrogens (tertiary/aromatic N) is 2. The second kappa shape index (κ2) is 6.02. The van der Waals surface area contributed by atoms with Crippen LogP contribution < -0.4 is 10.1 Å². The number of halogens is 1. The van der Waals surface area contributed by atoms with Crippen molar-refractivity contribution in [1.82, 2.24) is 10.2 Å². The van der Waals surface area contributed by atoms with E-state index in [0.29, 0.717) is 5.13 Å². The highest BCUT2D eigenvalue weighted by molar-refractivity contribution is 9.11. The summed E-state index contributed by atoms with van der Waals surface area (Å²) in [6, 6.07) is 17.4. The van der Waals surface area contributed by atoms with E-state index in [4.69, 9.17) is 4.74 Å². The van der Waals surface area contributed by atoms with Gasteiger partial charge in [-0.1, -0.05) is 41.7 Å². The molecule has 3 aromatic rings. The molecule has 1 aromatic heterocycles. The fourth-order valence-corrected chi connectivity index (χ4v) is 2.67. The van der Waals surface area contributed by atoms with Crippen LogP contribution in [-0.2, 0) is 0 Å². The minimum Gasteiger partial charge on any atom is -0.455 e. The first-order valence-electron chi connectivity index (χ1n) is 5.89. The largest absolute Gasteiger partial charge is 0.455 e. The number of benzene rings is 2. The summed E-state index contributed by atoms with van der Waals surface area (Å²) in [4.78, 5) is 0. The van der Waals surface area contributed by atoms with E-state index < -0.39 is 0 Å². The summed E-state index contributed by atoms with van der Waals surface area (Å²) in [5, 5.41) is 11.8. The molecular weight excluding hydrogens is 338 g/mol. The van der Waals surface area contributed by atoms with E-state index in [2.05, 4.69) is 31.4 Å². The maximum atomic E-state index is 5.87. The zero-order valence-corrected chi connectivity index (χ0v) is 12.7. The average Bonchev–Trinajstić information content (AvgIpc) is 2.88. The number of hydrogen-bond donors (Lipinski definition) is 1. The molecule has 100 valence electrons. The highest BCUT2D eigenvalue weighted by Gasteiger charge is 2.07. The molecule has 1 N–H and O–H groups in total. The lowest BCUT2D eigenvalue weighted by atomic mass is 10.3. The molecule has 0 aliphatic rings. The van der Waals surface area contributed by atoms with Crippen LogP contribution in [-0.4, -0.2) is 10.2 Å². The summed E-state index contributed by atoms with van der Waals surface area (Å²) in [7, 11) is 0. The molecule has 1 heterocycles. The number of ether oxygens (including phenoxy) is 1.